The van der Waals surface area contributed by atoms with Crippen molar-refractivity contribution in [2.45, 2.75) is 13.8 Å². The van der Waals surface area contributed by atoms with E-state index in [-0.39, 0.29) is 0 Å². The fourth-order valence-electron chi connectivity index (χ4n) is 2.68. The maximum absolute atomic E-state index is 6.29. The lowest BCUT2D eigenvalue weighted by Crippen LogP contribution is -2.02. The van der Waals surface area contributed by atoms with Crippen molar-refractivity contribution in [1.82, 2.24) is 20.0 Å². The number of hydrogen-bond acceptors (Lipinski definition) is 5. The average molecular weight is 347 g/mol. The van der Waals surface area contributed by atoms with Crippen LogP contribution < -0.4 is 5.73 Å². The van der Waals surface area contributed by atoms with Gasteiger partial charge in [0.1, 0.15) is 5.01 Å². The van der Waals surface area contributed by atoms with Crippen LogP contribution in [-0.4, -0.2) is 20.0 Å². The molecule has 0 radical (unpaired) electrons. The van der Waals surface area contributed by atoms with Crippen LogP contribution in [0.1, 0.15) is 11.1 Å². The molecule has 5 nitrogen and oxygen atoms in total. The van der Waals surface area contributed by atoms with E-state index in [1.165, 1.54) is 22.5 Å². The Morgan fingerprint density at radius 1 is 1.00 bits per heavy atom. The van der Waals surface area contributed by atoms with Crippen LogP contribution in [-0.2, 0) is 0 Å². The van der Waals surface area contributed by atoms with E-state index < -0.39 is 0 Å². The predicted octanol–water partition coefficient (Wildman–Crippen LogP) is 4.26. The van der Waals surface area contributed by atoms with Crippen LogP contribution in [0.5, 0.6) is 0 Å². The fraction of sp³-hybridized carbons (Fsp3) is 0.105. The number of nitrogens with two attached hydrogens (primary N) is 1. The zero-order valence-corrected chi connectivity index (χ0v) is 14.8. The Balaban J connectivity index is 1.72. The number of aryl methyl sites for hydroxylation is 2. The predicted molar refractivity (Wildman–Crippen MR) is 102 cm³/mol. The molecule has 0 aliphatic carbocycles. The summed E-state index contributed by atoms with van der Waals surface area (Å²) in [5.74, 6) is 0.495. The van der Waals surface area contributed by atoms with Gasteiger partial charge in [0.2, 0.25) is 0 Å². The van der Waals surface area contributed by atoms with Gasteiger partial charge in [-0.05, 0) is 31.5 Å². The smallest absolute Gasteiger partial charge is 0.165 e. The normalized spacial score (nSPS) is 11.0. The van der Waals surface area contributed by atoms with Gasteiger partial charge < -0.3 is 5.73 Å². The van der Waals surface area contributed by atoms with Gasteiger partial charge >= 0.3 is 0 Å². The average Bonchev–Trinajstić information content (AvgIpc) is 3.23. The number of rotatable bonds is 3. The highest BCUT2D eigenvalue weighted by molar-refractivity contribution is 7.13. The first-order valence-electron chi connectivity index (χ1n) is 7.93. The SMILES string of the molecule is Cc1ccc(-n2nnc(-c3nc(-c4ccccc4C)cs3)c2N)cc1. The van der Waals surface area contributed by atoms with Gasteiger partial charge in [0, 0.05) is 10.9 Å². The van der Waals surface area contributed by atoms with E-state index in [1.54, 1.807) is 4.68 Å². The third-order valence-corrected chi connectivity index (χ3v) is 4.96. The standard InChI is InChI=1S/C19H17N5S/c1-12-7-9-14(10-8-12)24-18(20)17(22-23-24)19-21-16(11-25-19)15-6-4-3-5-13(15)2/h3-11H,20H2,1-2H3. The Hall–Kier alpha value is -2.99. The summed E-state index contributed by atoms with van der Waals surface area (Å²) in [5.41, 5.74) is 12.2. The molecule has 2 aromatic heterocycles. The minimum atomic E-state index is 0.495. The van der Waals surface area contributed by atoms with E-state index in [9.17, 15) is 0 Å². The molecule has 0 amide bonds. The lowest BCUT2D eigenvalue weighted by molar-refractivity contribution is 0.810. The van der Waals surface area contributed by atoms with E-state index in [4.69, 9.17) is 10.7 Å². The van der Waals surface area contributed by atoms with Crippen molar-refractivity contribution in [3.8, 4) is 27.6 Å². The van der Waals surface area contributed by atoms with Gasteiger partial charge in [0.25, 0.3) is 0 Å². The van der Waals surface area contributed by atoms with Crippen LogP contribution in [0.3, 0.4) is 0 Å². The first kappa shape index (κ1) is 15.5. The minimum absolute atomic E-state index is 0.495. The molecule has 2 N–H and O–H groups in total. The van der Waals surface area contributed by atoms with E-state index >= 15 is 0 Å². The summed E-state index contributed by atoms with van der Waals surface area (Å²) >= 11 is 1.52. The summed E-state index contributed by atoms with van der Waals surface area (Å²) in [5, 5.41) is 11.3. The molecule has 0 spiro atoms. The van der Waals surface area contributed by atoms with Crippen molar-refractivity contribution >= 4 is 17.2 Å². The summed E-state index contributed by atoms with van der Waals surface area (Å²) in [6, 6.07) is 16.2. The zero-order chi connectivity index (χ0) is 17.4. The molecule has 4 rings (SSSR count). The molecule has 0 aliphatic heterocycles. The molecular weight excluding hydrogens is 330 g/mol. The Kier molecular flexibility index (Phi) is 3.82. The second kappa shape index (κ2) is 6.14. The van der Waals surface area contributed by atoms with Crippen molar-refractivity contribution in [2.24, 2.45) is 0 Å². The second-order valence-corrected chi connectivity index (χ2v) is 6.78. The molecule has 0 atom stereocenters. The molecule has 0 saturated carbocycles. The summed E-state index contributed by atoms with van der Waals surface area (Å²) < 4.78 is 1.64. The number of nitrogens with zero attached hydrogens (tertiary/aromatic N) is 4. The van der Waals surface area contributed by atoms with Crippen LogP contribution in [0.2, 0.25) is 0 Å². The van der Waals surface area contributed by atoms with Crippen LogP contribution in [0.25, 0.3) is 27.6 Å². The number of benzene rings is 2. The van der Waals surface area contributed by atoms with Crippen molar-refractivity contribution in [1.29, 1.82) is 0 Å². The Morgan fingerprint density at radius 2 is 1.76 bits per heavy atom. The highest BCUT2D eigenvalue weighted by Crippen LogP contribution is 2.32. The molecule has 4 aromatic rings. The molecule has 124 valence electrons. The first-order chi connectivity index (χ1) is 12.1. The summed E-state index contributed by atoms with van der Waals surface area (Å²) in [4.78, 5) is 4.72. The molecule has 0 saturated heterocycles. The highest BCUT2D eigenvalue weighted by atomic mass is 32.1. The quantitative estimate of drug-likeness (QED) is 0.601. The first-order valence-corrected chi connectivity index (χ1v) is 8.81. The van der Waals surface area contributed by atoms with Gasteiger partial charge in [0.15, 0.2) is 11.5 Å². The summed E-state index contributed by atoms with van der Waals surface area (Å²) in [7, 11) is 0. The van der Waals surface area contributed by atoms with Gasteiger partial charge in [-0.25, -0.2) is 4.98 Å². The topological polar surface area (TPSA) is 69.6 Å². The largest absolute Gasteiger partial charge is 0.382 e. The zero-order valence-electron chi connectivity index (χ0n) is 14.0. The Labute approximate surface area is 149 Å². The molecule has 2 aromatic carbocycles. The Bertz CT molecular complexity index is 1030. The summed E-state index contributed by atoms with van der Waals surface area (Å²) in [6.07, 6.45) is 0. The molecule has 6 heteroatoms. The molecular formula is C19H17N5S. The number of aromatic nitrogens is 4. The fourth-order valence-corrected chi connectivity index (χ4v) is 3.50. The summed E-state index contributed by atoms with van der Waals surface area (Å²) in [6.45, 7) is 4.12. The maximum atomic E-state index is 6.29. The molecule has 0 unspecified atom stereocenters. The number of hydrogen-bond donors (Lipinski definition) is 1. The monoisotopic (exact) mass is 347 g/mol. The van der Waals surface area contributed by atoms with Gasteiger partial charge in [0.05, 0.1) is 11.4 Å². The van der Waals surface area contributed by atoms with Gasteiger partial charge in [-0.1, -0.05) is 47.2 Å². The minimum Gasteiger partial charge on any atom is -0.382 e. The molecule has 0 aliphatic rings. The van der Waals surface area contributed by atoms with E-state index in [2.05, 4.69) is 29.4 Å². The number of anilines is 1. The van der Waals surface area contributed by atoms with Crippen LogP contribution in [0.15, 0.2) is 53.9 Å². The van der Waals surface area contributed by atoms with Gasteiger partial charge in [-0.2, -0.15) is 4.68 Å². The van der Waals surface area contributed by atoms with Gasteiger partial charge in [-0.3, -0.25) is 0 Å². The second-order valence-electron chi connectivity index (χ2n) is 5.92. The number of thiazole rings is 1. The van der Waals surface area contributed by atoms with E-state index in [0.29, 0.717) is 11.5 Å². The maximum Gasteiger partial charge on any atom is 0.165 e. The third-order valence-electron chi connectivity index (χ3n) is 4.11. The van der Waals surface area contributed by atoms with Crippen molar-refractivity contribution in [2.75, 3.05) is 5.73 Å². The molecule has 25 heavy (non-hydrogen) atoms. The van der Waals surface area contributed by atoms with Crippen molar-refractivity contribution < 1.29 is 0 Å². The Morgan fingerprint density at radius 3 is 2.52 bits per heavy atom. The van der Waals surface area contributed by atoms with Crippen LogP contribution >= 0.6 is 11.3 Å². The van der Waals surface area contributed by atoms with Crippen molar-refractivity contribution in [3.05, 3.63) is 65.0 Å². The lowest BCUT2D eigenvalue weighted by atomic mass is 10.1. The van der Waals surface area contributed by atoms with Gasteiger partial charge in [-0.15, -0.1) is 16.4 Å². The third kappa shape index (κ3) is 2.81. The molecule has 0 fully saturated rings. The van der Waals surface area contributed by atoms with Crippen LogP contribution in [0, 0.1) is 13.8 Å². The lowest BCUT2D eigenvalue weighted by Gasteiger charge is -2.03. The highest BCUT2D eigenvalue weighted by Gasteiger charge is 2.17. The molecule has 2 heterocycles. The van der Waals surface area contributed by atoms with Crippen LogP contribution in [0.4, 0.5) is 5.82 Å². The number of nitrogen functional groups attached to an aromatic ring is 1. The van der Waals surface area contributed by atoms with Crippen molar-refractivity contribution in [3.63, 3.8) is 0 Å². The van der Waals surface area contributed by atoms with E-state index in [0.717, 1.165) is 22.0 Å². The van der Waals surface area contributed by atoms with E-state index in [1.807, 2.05) is 48.7 Å². The molecule has 0 bridgehead atoms.